The van der Waals surface area contributed by atoms with Gasteiger partial charge in [-0.25, -0.2) is 9.59 Å². The zero-order chi connectivity index (χ0) is 22.7. The molecule has 0 bridgehead atoms. The van der Waals surface area contributed by atoms with Crippen molar-refractivity contribution in [2.45, 2.75) is 18.4 Å². The number of anilines is 1. The molecular weight excluding hydrogens is 402 g/mol. The molecule has 1 heterocycles. The van der Waals surface area contributed by atoms with Crippen LogP contribution in [0.4, 0.5) is 5.69 Å². The Kier molecular flexibility index (Phi) is 5.82. The molecular formula is C27H25NO4. The van der Waals surface area contributed by atoms with Gasteiger partial charge in [0.1, 0.15) is 5.70 Å². The van der Waals surface area contributed by atoms with Crippen LogP contribution >= 0.6 is 0 Å². The van der Waals surface area contributed by atoms with Crippen LogP contribution in [0.15, 0.2) is 96.7 Å². The summed E-state index contributed by atoms with van der Waals surface area (Å²) < 4.78 is 10.6. The molecule has 5 nitrogen and oxygen atoms in total. The zero-order valence-corrected chi connectivity index (χ0v) is 18.3. The number of esters is 2. The zero-order valence-electron chi connectivity index (χ0n) is 18.3. The second-order valence-electron chi connectivity index (χ2n) is 7.73. The molecule has 0 aromatic heterocycles. The average molecular weight is 428 g/mol. The van der Waals surface area contributed by atoms with Crippen LogP contribution in [-0.2, 0) is 24.6 Å². The number of carbonyl (C=O) groups excluding carboxylic acids is 2. The van der Waals surface area contributed by atoms with Gasteiger partial charge in [-0.15, -0.1) is 0 Å². The third kappa shape index (κ3) is 3.36. The smallest absolute Gasteiger partial charge is 0.354 e. The fourth-order valence-corrected chi connectivity index (χ4v) is 4.56. The van der Waals surface area contributed by atoms with Gasteiger partial charge in [0.2, 0.25) is 0 Å². The van der Waals surface area contributed by atoms with Crippen molar-refractivity contribution in [2.24, 2.45) is 0 Å². The summed E-state index contributed by atoms with van der Waals surface area (Å²) in [7, 11) is 2.72. The number of hydrogen-bond donors (Lipinski definition) is 0. The SMILES string of the molecule is COC(=O)C1=C[C@H](c2cccc(C)c2)[C@](C(=O)OC)(c2ccccc2)N1c1ccccc1. The normalized spacial score (nSPS) is 19.9. The van der Waals surface area contributed by atoms with E-state index in [1.54, 1.807) is 4.90 Å². The highest BCUT2D eigenvalue weighted by Gasteiger charge is 2.59. The first-order valence-electron chi connectivity index (χ1n) is 10.4. The molecule has 0 unspecified atom stereocenters. The second kappa shape index (κ2) is 8.71. The number of carbonyl (C=O) groups is 2. The lowest BCUT2D eigenvalue weighted by atomic mass is 9.74. The van der Waals surface area contributed by atoms with E-state index < -0.39 is 23.4 Å². The summed E-state index contributed by atoms with van der Waals surface area (Å²) in [5.41, 5.74) is 2.32. The van der Waals surface area contributed by atoms with Gasteiger partial charge in [-0.2, -0.15) is 0 Å². The lowest BCUT2D eigenvalue weighted by molar-refractivity contribution is -0.147. The third-order valence-corrected chi connectivity index (χ3v) is 5.89. The minimum atomic E-state index is -1.34. The highest BCUT2D eigenvalue weighted by Crippen LogP contribution is 2.53. The molecule has 5 heteroatoms. The van der Waals surface area contributed by atoms with Crippen molar-refractivity contribution in [2.75, 3.05) is 19.1 Å². The number of nitrogens with zero attached hydrogens (tertiary/aromatic N) is 1. The van der Waals surface area contributed by atoms with Crippen molar-refractivity contribution >= 4 is 17.6 Å². The molecule has 2 atom stereocenters. The maximum atomic E-state index is 13.8. The lowest BCUT2D eigenvalue weighted by Crippen LogP contribution is -2.53. The molecule has 0 radical (unpaired) electrons. The number of ether oxygens (including phenoxy) is 2. The maximum Gasteiger partial charge on any atom is 0.354 e. The molecule has 0 amide bonds. The summed E-state index contributed by atoms with van der Waals surface area (Å²) >= 11 is 0. The number of aryl methyl sites for hydroxylation is 1. The van der Waals surface area contributed by atoms with Gasteiger partial charge in [0.05, 0.1) is 14.2 Å². The van der Waals surface area contributed by atoms with E-state index in [2.05, 4.69) is 0 Å². The summed E-state index contributed by atoms with van der Waals surface area (Å²) in [5, 5.41) is 0. The molecule has 0 fully saturated rings. The Morgan fingerprint density at radius 1 is 0.844 bits per heavy atom. The highest BCUT2D eigenvalue weighted by molar-refractivity contribution is 6.01. The quantitative estimate of drug-likeness (QED) is 0.552. The predicted octanol–water partition coefficient (Wildman–Crippen LogP) is 4.72. The van der Waals surface area contributed by atoms with Crippen molar-refractivity contribution < 1.29 is 19.1 Å². The molecule has 0 saturated heterocycles. The number of methoxy groups -OCH3 is 2. The van der Waals surface area contributed by atoms with Gasteiger partial charge in [0, 0.05) is 11.6 Å². The molecule has 4 rings (SSSR count). The van der Waals surface area contributed by atoms with E-state index in [1.165, 1.54) is 14.2 Å². The van der Waals surface area contributed by atoms with Crippen LogP contribution in [0.3, 0.4) is 0 Å². The van der Waals surface area contributed by atoms with E-state index in [-0.39, 0.29) is 0 Å². The lowest BCUT2D eigenvalue weighted by Gasteiger charge is -2.42. The van der Waals surface area contributed by atoms with Gasteiger partial charge >= 0.3 is 11.9 Å². The molecule has 0 saturated carbocycles. The summed E-state index contributed by atoms with van der Waals surface area (Å²) in [5.74, 6) is -1.48. The molecule has 162 valence electrons. The van der Waals surface area contributed by atoms with E-state index in [0.29, 0.717) is 11.4 Å². The Morgan fingerprint density at radius 3 is 2.09 bits per heavy atom. The molecule has 0 N–H and O–H groups in total. The van der Waals surface area contributed by atoms with Crippen LogP contribution < -0.4 is 4.90 Å². The first-order chi connectivity index (χ1) is 15.5. The van der Waals surface area contributed by atoms with E-state index in [0.717, 1.165) is 16.7 Å². The topological polar surface area (TPSA) is 55.8 Å². The van der Waals surface area contributed by atoms with Crippen LogP contribution in [0.5, 0.6) is 0 Å². The summed E-state index contributed by atoms with van der Waals surface area (Å²) in [6.45, 7) is 2.00. The molecule has 32 heavy (non-hydrogen) atoms. The van der Waals surface area contributed by atoms with Gasteiger partial charge in [-0.1, -0.05) is 78.4 Å². The Labute approximate surface area is 187 Å². The fourth-order valence-electron chi connectivity index (χ4n) is 4.56. The molecule has 1 aliphatic rings. The van der Waals surface area contributed by atoms with E-state index in [1.807, 2.05) is 97.9 Å². The first-order valence-corrected chi connectivity index (χ1v) is 10.4. The van der Waals surface area contributed by atoms with Crippen LogP contribution in [0.1, 0.15) is 22.6 Å². The van der Waals surface area contributed by atoms with Gasteiger partial charge < -0.3 is 14.4 Å². The minimum absolute atomic E-state index is 0.291. The van der Waals surface area contributed by atoms with Gasteiger partial charge in [0.25, 0.3) is 0 Å². The average Bonchev–Trinajstić information content (AvgIpc) is 3.21. The Hall–Kier alpha value is -3.86. The molecule has 1 aliphatic heterocycles. The first kappa shape index (κ1) is 21.4. The van der Waals surface area contributed by atoms with Crippen molar-refractivity contribution in [3.8, 4) is 0 Å². The minimum Gasteiger partial charge on any atom is -0.467 e. The van der Waals surface area contributed by atoms with Crippen molar-refractivity contribution in [3.05, 3.63) is 113 Å². The predicted molar refractivity (Wildman–Crippen MR) is 123 cm³/mol. The molecule has 3 aromatic rings. The van der Waals surface area contributed by atoms with Crippen LogP contribution in [-0.4, -0.2) is 26.2 Å². The van der Waals surface area contributed by atoms with E-state index in [9.17, 15) is 9.59 Å². The summed E-state index contributed by atoms with van der Waals surface area (Å²) in [6, 6.07) is 26.8. The molecule has 0 aliphatic carbocycles. The number of hydrogen-bond acceptors (Lipinski definition) is 5. The van der Waals surface area contributed by atoms with Crippen molar-refractivity contribution in [1.29, 1.82) is 0 Å². The summed E-state index contributed by atoms with van der Waals surface area (Å²) in [6.07, 6.45) is 1.82. The highest BCUT2D eigenvalue weighted by atomic mass is 16.5. The largest absolute Gasteiger partial charge is 0.467 e. The Balaban J connectivity index is 2.10. The standard InChI is InChI=1S/C27H25NO4/c1-19-11-10-12-20(17-19)23-18-24(25(29)31-2)28(22-15-8-5-9-16-22)27(23,26(30)32-3)21-13-6-4-7-14-21/h4-18,23H,1-3H3/t23-,27+/m1/s1. The molecule has 0 spiro atoms. The Bertz CT molecular complexity index is 1160. The summed E-state index contributed by atoms with van der Waals surface area (Å²) in [4.78, 5) is 28.5. The fraction of sp³-hybridized carbons (Fsp3) is 0.185. The number of para-hydroxylation sites is 1. The van der Waals surface area contributed by atoms with Crippen LogP contribution in [0.25, 0.3) is 0 Å². The van der Waals surface area contributed by atoms with Gasteiger partial charge in [0.15, 0.2) is 5.54 Å². The molecule has 3 aromatic carbocycles. The van der Waals surface area contributed by atoms with Crippen molar-refractivity contribution in [3.63, 3.8) is 0 Å². The third-order valence-electron chi connectivity index (χ3n) is 5.89. The van der Waals surface area contributed by atoms with Crippen LogP contribution in [0, 0.1) is 6.92 Å². The van der Waals surface area contributed by atoms with Gasteiger partial charge in [-0.05, 0) is 36.3 Å². The van der Waals surface area contributed by atoms with Gasteiger partial charge in [-0.3, -0.25) is 0 Å². The number of benzene rings is 3. The maximum absolute atomic E-state index is 13.8. The second-order valence-corrected chi connectivity index (χ2v) is 7.73. The number of rotatable bonds is 5. The van der Waals surface area contributed by atoms with Crippen LogP contribution in [0.2, 0.25) is 0 Å². The van der Waals surface area contributed by atoms with E-state index >= 15 is 0 Å². The Morgan fingerprint density at radius 2 is 1.50 bits per heavy atom. The van der Waals surface area contributed by atoms with E-state index in [4.69, 9.17) is 9.47 Å². The monoisotopic (exact) mass is 427 g/mol. The van der Waals surface area contributed by atoms with Crippen molar-refractivity contribution in [1.82, 2.24) is 0 Å².